The highest BCUT2D eigenvalue weighted by Gasteiger charge is 2.40. The second-order valence-corrected chi connectivity index (χ2v) is 11.0. The highest BCUT2D eigenvalue weighted by atomic mass is 32.2. The first-order valence-electron chi connectivity index (χ1n) is 11.7. The minimum Gasteiger partial charge on any atom is -0.487 e. The summed E-state index contributed by atoms with van der Waals surface area (Å²) in [6, 6.07) is 6.79. The summed E-state index contributed by atoms with van der Waals surface area (Å²) >= 11 is 1.93. The number of ether oxygens (including phenoxy) is 1. The van der Waals surface area contributed by atoms with Crippen LogP contribution >= 0.6 is 11.8 Å². The molecule has 2 aliphatic heterocycles. The van der Waals surface area contributed by atoms with Crippen LogP contribution in [-0.2, 0) is 4.74 Å². The molecule has 0 amide bonds. The SMILES string of the molecule is C=C(C)/C=C1/CCC2(CCN(C(=C)c3ccc(SC(C)C)c(C)c3)CC2)O/C1=C/CC. The summed E-state index contributed by atoms with van der Waals surface area (Å²) < 4.78 is 6.67. The molecular weight excluding hydrogens is 398 g/mol. The van der Waals surface area contributed by atoms with E-state index >= 15 is 0 Å². The van der Waals surface area contributed by atoms with Crippen molar-refractivity contribution in [3.05, 3.63) is 71.5 Å². The minimum absolute atomic E-state index is 0.0299. The molecule has 0 radical (unpaired) electrons. The first-order valence-corrected chi connectivity index (χ1v) is 12.6. The monoisotopic (exact) mass is 437 g/mol. The summed E-state index contributed by atoms with van der Waals surface area (Å²) in [7, 11) is 0. The highest BCUT2D eigenvalue weighted by Crippen LogP contribution is 2.42. The molecule has 2 nitrogen and oxygen atoms in total. The number of benzene rings is 1. The average molecular weight is 438 g/mol. The van der Waals surface area contributed by atoms with Crippen molar-refractivity contribution in [1.82, 2.24) is 4.90 Å². The normalized spacial score (nSPS) is 21.0. The molecule has 0 N–H and O–H groups in total. The van der Waals surface area contributed by atoms with E-state index in [1.165, 1.54) is 21.6 Å². The topological polar surface area (TPSA) is 12.5 Å². The number of rotatable bonds is 6. The highest BCUT2D eigenvalue weighted by molar-refractivity contribution is 8.00. The van der Waals surface area contributed by atoms with Crippen LogP contribution in [0.2, 0.25) is 0 Å². The Morgan fingerprint density at radius 1 is 1.23 bits per heavy atom. The van der Waals surface area contributed by atoms with E-state index in [2.05, 4.69) is 83.0 Å². The first kappa shape index (κ1) is 23.8. The molecule has 2 saturated heterocycles. The molecule has 1 spiro atoms. The van der Waals surface area contributed by atoms with Gasteiger partial charge in [-0.3, -0.25) is 0 Å². The van der Waals surface area contributed by atoms with Crippen molar-refractivity contribution in [1.29, 1.82) is 0 Å². The van der Waals surface area contributed by atoms with Crippen LogP contribution in [0.15, 0.2) is 65.3 Å². The van der Waals surface area contributed by atoms with Gasteiger partial charge < -0.3 is 9.64 Å². The number of nitrogens with zero attached hydrogens (tertiary/aromatic N) is 1. The number of hydrogen-bond acceptors (Lipinski definition) is 3. The van der Waals surface area contributed by atoms with Crippen LogP contribution in [0.4, 0.5) is 0 Å². The molecule has 0 saturated carbocycles. The fraction of sp³-hybridized carbons (Fsp3) is 0.500. The fourth-order valence-electron chi connectivity index (χ4n) is 4.57. The molecular formula is C28H39NOS. The van der Waals surface area contributed by atoms with Gasteiger partial charge in [0, 0.05) is 41.8 Å². The fourth-order valence-corrected chi connectivity index (χ4v) is 5.47. The van der Waals surface area contributed by atoms with Crippen molar-refractivity contribution in [3.8, 4) is 0 Å². The van der Waals surface area contributed by atoms with Gasteiger partial charge >= 0.3 is 0 Å². The van der Waals surface area contributed by atoms with Crippen molar-refractivity contribution < 1.29 is 4.74 Å². The molecule has 0 unspecified atom stereocenters. The van der Waals surface area contributed by atoms with Gasteiger partial charge in [-0.05, 0) is 68.0 Å². The molecule has 2 aliphatic rings. The molecule has 2 heterocycles. The molecule has 1 aromatic carbocycles. The molecule has 31 heavy (non-hydrogen) atoms. The van der Waals surface area contributed by atoms with Gasteiger partial charge in [0.25, 0.3) is 0 Å². The van der Waals surface area contributed by atoms with Gasteiger partial charge in [0.15, 0.2) is 0 Å². The molecule has 0 aromatic heterocycles. The van der Waals surface area contributed by atoms with Gasteiger partial charge in [0.05, 0.1) is 0 Å². The Kier molecular flexibility index (Phi) is 7.80. The summed E-state index contributed by atoms with van der Waals surface area (Å²) in [5.41, 5.74) is 6.09. The molecule has 3 heteroatoms. The van der Waals surface area contributed by atoms with E-state index < -0.39 is 0 Å². The third-order valence-electron chi connectivity index (χ3n) is 6.23. The van der Waals surface area contributed by atoms with Crippen LogP contribution in [0, 0.1) is 6.92 Å². The van der Waals surface area contributed by atoms with Gasteiger partial charge in [0.1, 0.15) is 11.4 Å². The molecule has 2 fully saturated rings. The Hall–Kier alpha value is -1.87. The summed E-state index contributed by atoms with van der Waals surface area (Å²) in [5.74, 6) is 1.08. The number of likely N-dealkylation sites (tertiary alicyclic amines) is 1. The Morgan fingerprint density at radius 3 is 2.52 bits per heavy atom. The summed E-state index contributed by atoms with van der Waals surface area (Å²) in [6.45, 7) is 21.4. The Bertz CT molecular complexity index is 884. The Morgan fingerprint density at radius 2 is 1.94 bits per heavy atom. The van der Waals surface area contributed by atoms with Crippen LogP contribution in [-0.4, -0.2) is 28.8 Å². The number of piperidine rings is 1. The summed E-state index contributed by atoms with van der Waals surface area (Å²) in [5, 5.41) is 0.596. The zero-order chi connectivity index (χ0) is 22.6. The van der Waals surface area contributed by atoms with E-state index in [0.29, 0.717) is 5.25 Å². The molecule has 168 valence electrons. The van der Waals surface area contributed by atoms with Crippen LogP contribution in [0.1, 0.15) is 70.9 Å². The van der Waals surface area contributed by atoms with Crippen molar-refractivity contribution in [2.24, 2.45) is 0 Å². The predicted molar refractivity (Wildman–Crippen MR) is 136 cm³/mol. The molecule has 0 atom stereocenters. The Labute approximate surface area is 194 Å². The second-order valence-electron chi connectivity index (χ2n) is 9.36. The lowest BCUT2D eigenvalue weighted by Gasteiger charge is -2.46. The van der Waals surface area contributed by atoms with Crippen molar-refractivity contribution in [2.75, 3.05) is 13.1 Å². The third kappa shape index (κ3) is 5.88. The molecule has 0 bridgehead atoms. The van der Waals surface area contributed by atoms with Crippen molar-refractivity contribution in [3.63, 3.8) is 0 Å². The van der Waals surface area contributed by atoms with Crippen molar-refractivity contribution >= 4 is 17.5 Å². The number of hydrogen-bond donors (Lipinski definition) is 0. The van der Waals surface area contributed by atoms with Gasteiger partial charge in [-0.25, -0.2) is 0 Å². The average Bonchev–Trinajstić information content (AvgIpc) is 2.71. The van der Waals surface area contributed by atoms with E-state index in [1.54, 1.807) is 0 Å². The van der Waals surface area contributed by atoms with Crippen molar-refractivity contribution in [2.45, 2.75) is 82.5 Å². The van der Waals surface area contributed by atoms with E-state index in [0.717, 1.165) is 62.2 Å². The Balaban J connectivity index is 1.66. The maximum Gasteiger partial charge on any atom is 0.119 e. The van der Waals surface area contributed by atoms with E-state index in [-0.39, 0.29) is 5.60 Å². The van der Waals surface area contributed by atoms with Gasteiger partial charge in [-0.1, -0.05) is 51.6 Å². The zero-order valence-corrected chi connectivity index (χ0v) is 20.9. The van der Waals surface area contributed by atoms with Gasteiger partial charge in [-0.15, -0.1) is 11.8 Å². The zero-order valence-electron chi connectivity index (χ0n) is 20.1. The van der Waals surface area contributed by atoms with Crippen LogP contribution in [0.5, 0.6) is 0 Å². The molecule has 0 aliphatic carbocycles. The molecule has 3 rings (SSSR count). The summed E-state index contributed by atoms with van der Waals surface area (Å²) in [4.78, 5) is 3.81. The maximum atomic E-state index is 6.67. The minimum atomic E-state index is -0.0299. The van der Waals surface area contributed by atoms with Gasteiger partial charge in [0.2, 0.25) is 0 Å². The molecule has 1 aromatic rings. The van der Waals surface area contributed by atoms with E-state index in [1.807, 2.05) is 11.8 Å². The lowest BCUT2D eigenvalue weighted by molar-refractivity contribution is -0.0544. The lowest BCUT2D eigenvalue weighted by atomic mass is 9.82. The number of allylic oxidation sites excluding steroid dienone is 4. The third-order valence-corrected chi connectivity index (χ3v) is 7.41. The smallest absolute Gasteiger partial charge is 0.119 e. The van der Waals surface area contributed by atoms with Crippen LogP contribution < -0.4 is 0 Å². The van der Waals surface area contributed by atoms with Crippen LogP contribution in [0.25, 0.3) is 5.70 Å². The maximum absolute atomic E-state index is 6.67. The number of thioether (sulfide) groups is 1. The lowest BCUT2D eigenvalue weighted by Crippen LogP contribution is -2.46. The standard InChI is InChI=1S/C28H39NOS/c1-8-9-26-25(18-20(2)3)12-13-28(30-26)14-16-29(17-15-28)23(7)24-10-11-27(22(6)19-24)31-21(4)5/h9-11,18-19,21H,2,7-8,12-17H2,1,3-6H3/b25-18-,26-9+. The summed E-state index contributed by atoms with van der Waals surface area (Å²) in [6.07, 6.45) is 9.69. The predicted octanol–water partition coefficient (Wildman–Crippen LogP) is 7.91. The largest absolute Gasteiger partial charge is 0.487 e. The van der Waals surface area contributed by atoms with Crippen LogP contribution in [0.3, 0.4) is 0 Å². The second kappa shape index (κ2) is 10.2. The van der Waals surface area contributed by atoms with E-state index in [9.17, 15) is 0 Å². The van der Waals surface area contributed by atoms with E-state index in [4.69, 9.17) is 4.74 Å². The quantitative estimate of drug-likeness (QED) is 0.420. The number of aryl methyl sites for hydroxylation is 1. The first-order chi connectivity index (χ1) is 14.7. The van der Waals surface area contributed by atoms with Gasteiger partial charge in [-0.2, -0.15) is 0 Å².